The number of aromatic nitrogens is 2. The fourth-order valence-corrected chi connectivity index (χ4v) is 3.37. The molecule has 34 heavy (non-hydrogen) atoms. The molecule has 9 heteroatoms. The van der Waals surface area contributed by atoms with Gasteiger partial charge in [0, 0.05) is 36.8 Å². The number of rotatable bonds is 11. The van der Waals surface area contributed by atoms with Gasteiger partial charge in [-0.05, 0) is 54.4 Å². The number of nitrogens with one attached hydrogen (secondary N) is 2. The van der Waals surface area contributed by atoms with Gasteiger partial charge in [-0.2, -0.15) is 0 Å². The lowest BCUT2D eigenvalue weighted by molar-refractivity contribution is -0.139. The zero-order valence-corrected chi connectivity index (χ0v) is 19.0. The third-order valence-corrected chi connectivity index (χ3v) is 5.20. The molecule has 0 bridgehead atoms. The first-order chi connectivity index (χ1) is 16.4. The number of nitrogens with zero attached hydrogens (tertiary/aromatic N) is 2. The van der Waals surface area contributed by atoms with Gasteiger partial charge in [0.25, 0.3) is 5.91 Å². The van der Waals surface area contributed by atoms with Crippen molar-refractivity contribution in [2.75, 3.05) is 19.0 Å². The number of halogens is 1. The Morgan fingerprint density at radius 2 is 1.97 bits per heavy atom. The van der Waals surface area contributed by atoms with E-state index in [4.69, 9.17) is 4.74 Å². The molecule has 0 saturated carbocycles. The van der Waals surface area contributed by atoms with E-state index in [2.05, 4.69) is 20.6 Å². The van der Waals surface area contributed by atoms with Crippen molar-refractivity contribution < 1.29 is 23.8 Å². The summed E-state index contributed by atoms with van der Waals surface area (Å²) in [7, 11) is 1.81. The van der Waals surface area contributed by atoms with Crippen LogP contribution in [0, 0.1) is 5.82 Å². The monoisotopic (exact) mass is 466 g/mol. The second-order valence-electron chi connectivity index (χ2n) is 7.57. The minimum atomic E-state index is -1.19. The summed E-state index contributed by atoms with van der Waals surface area (Å²) in [5.74, 6) is -0.873. The number of carbonyl (C=O) groups is 2. The van der Waals surface area contributed by atoms with Crippen molar-refractivity contribution in [1.82, 2.24) is 15.3 Å². The normalized spacial score (nSPS) is 11.5. The molecule has 178 valence electrons. The average Bonchev–Trinajstić information content (AvgIpc) is 2.84. The van der Waals surface area contributed by atoms with E-state index in [-0.39, 0.29) is 12.0 Å². The van der Waals surface area contributed by atoms with Crippen LogP contribution in [0.15, 0.2) is 54.7 Å². The van der Waals surface area contributed by atoms with Crippen LogP contribution in [0.4, 0.5) is 10.2 Å². The predicted octanol–water partition coefficient (Wildman–Crippen LogP) is 3.27. The lowest BCUT2D eigenvalue weighted by Crippen LogP contribution is -2.42. The lowest BCUT2D eigenvalue weighted by atomic mass is 10.0. The van der Waals surface area contributed by atoms with E-state index < -0.39 is 23.7 Å². The van der Waals surface area contributed by atoms with Crippen molar-refractivity contribution >= 4 is 17.7 Å². The Balaban J connectivity index is 1.57. The molecule has 3 N–H and O–H groups in total. The number of pyridine rings is 2. The van der Waals surface area contributed by atoms with Crippen molar-refractivity contribution in [1.29, 1.82) is 0 Å². The first-order valence-electron chi connectivity index (χ1n) is 10.9. The topological polar surface area (TPSA) is 113 Å². The number of benzene rings is 1. The summed E-state index contributed by atoms with van der Waals surface area (Å²) in [4.78, 5) is 33.0. The highest BCUT2D eigenvalue weighted by atomic mass is 19.1. The van der Waals surface area contributed by atoms with Gasteiger partial charge in [0.05, 0.1) is 12.8 Å². The maximum atomic E-state index is 13.5. The van der Waals surface area contributed by atoms with E-state index in [1.807, 2.05) is 18.2 Å². The van der Waals surface area contributed by atoms with E-state index in [9.17, 15) is 19.1 Å². The number of carboxylic acids is 1. The summed E-state index contributed by atoms with van der Waals surface area (Å²) in [6.07, 6.45) is 2.57. The van der Waals surface area contributed by atoms with Gasteiger partial charge < -0.3 is 20.5 Å². The van der Waals surface area contributed by atoms with Crippen LogP contribution in [0.3, 0.4) is 0 Å². The number of ether oxygens (including phenoxy) is 1. The van der Waals surface area contributed by atoms with Crippen molar-refractivity contribution in [2.45, 2.75) is 32.2 Å². The summed E-state index contributed by atoms with van der Waals surface area (Å²) in [6, 6.07) is 11.7. The third-order valence-electron chi connectivity index (χ3n) is 5.20. The maximum absolute atomic E-state index is 13.5. The number of hydrogen-bond acceptors (Lipinski definition) is 6. The number of aliphatic carboxylic acids is 1. The molecule has 3 rings (SSSR count). The number of hydrogen-bond donors (Lipinski definition) is 3. The molecule has 1 amide bonds. The molecule has 0 spiro atoms. The molecule has 3 aromatic rings. The van der Waals surface area contributed by atoms with Crippen molar-refractivity contribution in [3.8, 4) is 5.75 Å². The molecule has 1 aromatic carbocycles. The van der Waals surface area contributed by atoms with Crippen molar-refractivity contribution in [3.05, 3.63) is 83.1 Å². The molecule has 2 aromatic heterocycles. The Morgan fingerprint density at radius 3 is 2.65 bits per heavy atom. The van der Waals surface area contributed by atoms with Gasteiger partial charge in [-0.1, -0.05) is 13.0 Å². The molecule has 8 nitrogen and oxygen atoms in total. The first-order valence-corrected chi connectivity index (χ1v) is 10.9. The molecule has 0 aliphatic carbocycles. The van der Waals surface area contributed by atoms with Crippen LogP contribution in [-0.2, 0) is 24.1 Å². The Morgan fingerprint density at radius 1 is 1.15 bits per heavy atom. The number of anilines is 1. The van der Waals surface area contributed by atoms with Crippen molar-refractivity contribution in [3.63, 3.8) is 0 Å². The molecule has 2 heterocycles. The molecular weight excluding hydrogens is 439 g/mol. The smallest absolute Gasteiger partial charge is 0.326 e. The highest BCUT2D eigenvalue weighted by Gasteiger charge is 2.23. The molecule has 1 atom stereocenters. The summed E-state index contributed by atoms with van der Waals surface area (Å²) in [5, 5.41) is 15.1. The summed E-state index contributed by atoms with van der Waals surface area (Å²) >= 11 is 0. The third kappa shape index (κ3) is 6.74. The van der Waals surface area contributed by atoms with Gasteiger partial charge >= 0.3 is 5.97 Å². The number of carbonyl (C=O) groups excluding carboxylic acids is 1. The fourth-order valence-electron chi connectivity index (χ4n) is 3.37. The molecule has 0 radical (unpaired) electrons. The standard InChI is InChI=1S/C25H27FN4O4/c1-3-16-13-17(26)7-10-21(16)24(31)30-22(25(32)33)14-19-8-9-20(15-28-19)34-12-11-18-5-4-6-23(27-2)29-18/h4-10,13,15,22H,3,11-12,14H2,1-2H3,(H,27,29)(H,30,31)(H,32,33)/t22-/m0/s1. The van der Waals surface area contributed by atoms with E-state index in [1.165, 1.54) is 24.4 Å². The molecular formula is C25H27FN4O4. The second-order valence-corrected chi connectivity index (χ2v) is 7.57. The van der Waals surface area contributed by atoms with Gasteiger partial charge in [-0.15, -0.1) is 0 Å². The van der Waals surface area contributed by atoms with Gasteiger partial charge in [0.2, 0.25) is 0 Å². The highest BCUT2D eigenvalue weighted by molar-refractivity contribution is 5.97. The van der Waals surface area contributed by atoms with E-state index in [0.29, 0.717) is 36.5 Å². The van der Waals surface area contributed by atoms with Gasteiger partial charge in [0.1, 0.15) is 23.4 Å². The highest BCUT2D eigenvalue weighted by Crippen LogP contribution is 2.14. The zero-order valence-electron chi connectivity index (χ0n) is 19.0. The molecule has 0 unspecified atom stereocenters. The van der Waals surface area contributed by atoms with Gasteiger partial charge in [-0.3, -0.25) is 9.78 Å². The quantitative estimate of drug-likeness (QED) is 0.397. The van der Waals surface area contributed by atoms with Crippen LogP contribution >= 0.6 is 0 Å². The molecule has 0 fully saturated rings. The Kier molecular flexibility index (Phi) is 8.50. The Bertz CT molecular complexity index is 1140. The van der Waals surface area contributed by atoms with E-state index in [0.717, 1.165) is 11.5 Å². The Hall–Kier alpha value is -4.01. The lowest BCUT2D eigenvalue weighted by Gasteiger charge is -2.16. The molecule has 0 aliphatic rings. The maximum Gasteiger partial charge on any atom is 0.326 e. The molecule has 0 aliphatic heterocycles. The molecule has 0 saturated heterocycles. The summed E-state index contributed by atoms with van der Waals surface area (Å²) in [5.41, 5.74) is 2.14. The Labute approximate surface area is 197 Å². The predicted molar refractivity (Wildman–Crippen MR) is 126 cm³/mol. The SMILES string of the molecule is CCc1cc(F)ccc1C(=O)N[C@@H](Cc1ccc(OCCc2cccc(NC)n2)cn1)C(=O)O. The van der Waals surface area contributed by atoms with Crippen LogP contribution in [0.25, 0.3) is 0 Å². The van der Waals surface area contributed by atoms with E-state index in [1.54, 1.807) is 26.1 Å². The number of carboxylic acid groups (broad SMARTS) is 1. The van der Waals surface area contributed by atoms with Crippen LogP contribution in [-0.4, -0.2) is 46.6 Å². The van der Waals surface area contributed by atoms with Crippen LogP contribution < -0.4 is 15.4 Å². The van der Waals surface area contributed by atoms with Crippen LogP contribution in [0.2, 0.25) is 0 Å². The summed E-state index contributed by atoms with van der Waals surface area (Å²) < 4.78 is 19.2. The first kappa shape index (κ1) is 24.6. The fraction of sp³-hybridized carbons (Fsp3) is 0.280. The van der Waals surface area contributed by atoms with Gasteiger partial charge in [0.15, 0.2) is 0 Å². The number of amides is 1. The van der Waals surface area contributed by atoms with Crippen LogP contribution in [0.5, 0.6) is 5.75 Å². The van der Waals surface area contributed by atoms with Crippen LogP contribution in [0.1, 0.15) is 34.2 Å². The second kappa shape index (κ2) is 11.7. The minimum Gasteiger partial charge on any atom is -0.492 e. The largest absolute Gasteiger partial charge is 0.492 e. The average molecular weight is 467 g/mol. The van der Waals surface area contributed by atoms with Gasteiger partial charge in [-0.25, -0.2) is 14.2 Å². The minimum absolute atomic E-state index is 0.00919. The van der Waals surface area contributed by atoms with E-state index >= 15 is 0 Å². The zero-order chi connectivity index (χ0) is 24.5. The van der Waals surface area contributed by atoms with Crippen molar-refractivity contribution in [2.24, 2.45) is 0 Å². The number of aryl methyl sites for hydroxylation is 1. The summed E-state index contributed by atoms with van der Waals surface area (Å²) in [6.45, 7) is 2.20.